The largest absolute Gasteiger partial charge is 0.507 e. The summed E-state index contributed by atoms with van der Waals surface area (Å²) in [4.78, 5) is 0. The topological polar surface area (TPSA) is 80.9 Å². The summed E-state index contributed by atoms with van der Waals surface area (Å²) in [5, 5.41) is 38.7. The van der Waals surface area contributed by atoms with Crippen molar-refractivity contribution in [2.45, 2.75) is 6.42 Å². The molecule has 0 amide bonds. The van der Waals surface area contributed by atoms with E-state index in [2.05, 4.69) is 31.9 Å². The summed E-state index contributed by atoms with van der Waals surface area (Å²) in [6, 6.07) is 5.76. The number of phenolic OH excluding ortho intramolecular Hbond substituents is 4. The molecule has 6 heteroatoms. The van der Waals surface area contributed by atoms with Crippen LogP contribution in [0.1, 0.15) is 17.5 Å². The van der Waals surface area contributed by atoms with E-state index in [4.69, 9.17) is 0 Å². The van der Waals surface area contributed by atoms with Crippen molar-refractivity contribution in [2.75, 3.05) is 0 Å². The summed E-state index contributed by atoms with van der Waals surface area (Å²) in [5.41, 5.74) is 1.01. The lowest BCUT2D eigenvalue weighted by Gasteiger charge is -2.03. The fraction of sp³-hybridized carbons (Fsp3) is 0.0588. The van der Waals surface area contributed by atoms with Crippen LogP contribution in [0.5, 0.6) is 23.0 Å². The zero-order valence-corrected chi connectivity index (χ0v) is 15.0. The molecular formula is C17H14Br2O4. The molecule has 2 aromatic rings. The molecule has 4 nitrogen and oxygen atoms in total. The van der Waals surface area contributed by atoms with E-state index in [1.807, 2.05) is 0 Å². The van der Waals surface area contributed by atoms with Crippen LogP contribution in [0.3, 0.4) is 0 Å². The third-order valence-corrected chi connectivity index (χ3v) is 4.33. The molecule has 23 heavy (non-hydrogen) atoms. The molecule has 0 bridgehead atoms. The first-order chi connectivity index (χ1) is 10.9. The minimum Gasteiger partial charge on any atom is -0.507 e. The van der Waals surface area contributed by atoms with Crippen LogP contribution in [-0.4, -0.2) is 20.4 Å². The number of halogens is 2. The van der Waals surface area contributed by atoms with Crippen molar-refractivity contribution >= 4 is 44.0 Å². The Kier molecular flexibility index (Phi) is 5.74. The molecule has 0 aliphatic rings. The normalized spacial score (nSPS) is 11.6. The number of benzene rings is 2. The van der Waals surface area contributed by atoms with Crippen LogP contribution in [0.2, 0.25) is 0 Å². The van der Waals surface area contributed by atoms with Gasteiger partial charge in [0.05, 0.1) is 8.95 Å². The van der Waals surface area contributed by atoms with E-state index in [-0.39, 0.29) is 23.0 Å². The van der Waals surface area contributed by atoms with Gasteiger partial charge in [0.25, 0.3) is 0 Å². The van der Waals surface area contributed by atoms with Crippen molar-refractivity contribution in [3.63, 3.8) is 0 Å². The van der Waals surface area contributed by atoms with Gasteiger partial charge in [-0.25, -0.2) is 0 Å². The van der Waals surface area contributed by atoms with Gasteiger partial charge in [-0.2, -0.15) is 0 Å². The van der Waals surface area contributed by atoms with Crippen LogP contribution in [0.4, 0.5) is 0 Å². The van der Waals surface area contributed by atoms with E-state index in [0.717, 1.165) is 0 Å². The lowest BCUT2D eigenvalue weighted by molar-refractivity contribution is 0.456. The molecule has 120 valence electrons. The number of hydrogen-bond donors (Lipinski definition) is 4. The fourth-order valence-electron chi connectivity index (χ4n) is 1.87. The molecule has 2 aromatic carbocycles. The number of rotatable bonds is 4. The quantitative estimate of drug-likeness (QED) is 0.494. The lowest BCUT2D eigenvalue weighted by Crippen LogP contribution is -1.78. The second-order valence-electron chi connectivity index (χ2n) is 4.77. The lowest BCUT2D eigenvalue weighted by atomic mass is 10.1. The minimum absolute atomic E-state index is 0.0493. The highest BCUT2D eigenvalue weighted by molar-refractivity contribution is 9.10. The van der Waals surface area contributed by atoms with Crippen molar-refractivity contribution < 1.29 is 20.4 Å². The molecule has 0 saturated carbocycles. The first-order valence-corrected chi connectivity index (χ1v) is 8.23. The molecule has 0 aliphatic heterocycles. The van der Waals surface area contributed by atoms with Gasteiger partial charge in [-0.3, -0.25) is 0 Å². The molecule has 0 saturated heterocycles. The number of aromatic hydroxyl groups is 4. The molecule has 0 fully saturated rings. The summed E-state index contributed by atoms with van der Waals surface area (Å²) in [6.45, 7) is 0. The van der Waals surface area contributed by atoms with Gasteiger partial charge in [0.1, 0.15) is 23.0 Å². The smallest absolute Gasteiger partial charge is 0.130 e. The Morgan fingerprint density at radius 1 is 0.652 bits per heavy atom. The molecule has 0 spiro atoms. The van der Waals surface area contributed by atoms with Crippen molar-refractivity contribution in [1.29, 1.82) is 0 Å². The van der Waals surface area contributed by atoms with Crippen molar-refractivity contribution in [1.82, 2.24) is 0 Å². The molecule has 0 unspecified atom stereocenters. The van der Waals surface area contributed by atoms with Crippen LogP contribution in [0, 0.1) is 0 Å². The van der Waals surface area contributed by atoms with E-state index in [9.17, 15) is 20.4 Å². The highest BCUT2D eigenvalue weighted by Crippen LogP contribution is 2.33. The molecule has 0 aromatic heterocycles. The zero-order chi connectivity index (χ0) is 17.0. The first kappa shape index (κ1) is 17.4. The Labute approximate surface area is 150 Å². The fourth-order valence-corrected chi connectivity index (χ4v) is 2.53. The number of allylic oxidation sites excluding steroid dienone is 2. The second-order valence-corrected chi connectivity index (χ2v) is 6.47. The maximum absolute atomic E-state index is 9.77. The average molecular weight is 442 g/mol. The van der Waals surface area contributed by atoms with E-state index in [1.54, 1.807) is 24.3 Å². The maximum Gasteiger partial charge on any atom is 0.130 e. The van der Waals surface area contributed by atoms with E-state index in [1.165, 1.54) is 24.3 Å². The van der Waals surface area contributed by atoms with Gasteiger partial charge in [-0.15, -0.1) is 0 Å². The predicted octanol–water partition coefficient (Wildman–Crippen LogP) is 5.15. The van der Waals surface area contributed by atoms with Crippen molar-refractivity contribution in [3.05, 3.63) is 56.5 Å². The summed E-state index contributed by atoms with van der Waals surface area (Å²) in [6.07, 6.45) is 7.52. The molecule has 2 rings (SSSR count). The Bertz CT molecular complexity index is 717. The van der Waals surface area contributed by atoms with Crippen LogP contribution < -0.4 is 0 Å². The number of phenols is 4. The molecule has 0 heterocycles. The van der Waals surface area contributed by atoms with Crippen LogP contribution in [0.15, 0.2) is 45.4 Å². The van der Waals surface area contributed by atoms with E-state index in [0.29, 0.717) is 26.5 Å². The first-order valence-electron chi connectivity index (χ1n) is 6.64. The van der Waals surface area contributed by atoms with Gasteiger partial charge in [-0.05, 0) is 62.5 Å². The Morgan fingerprint density at radius 3 is 1.43 bits per heavy atom. The van der Waals surface area contributed by atoms with E-state index < -0.39 is 0 Å². The average Bonchev–Trinajstić information content (AvgIpc) is 2.49. The van der Waals surface area contributed by atoms with Gasteiger partial charge in [0, 0.05) is 11.1 Å². The standard InChI is InChI=1S/C17H14Br2O4/c18-12-8-14(20)10(6-16(12)22)4-2-1-3-5-11-7-17(23)13(19)9-15(11)21/h2-9,20-23H,1H2. The summed E-state index contributed by atoms with van der Waals surface area (Å²) < 4.78 is 0.857. The molecule has 0 aliphatic carbocycles. The highest BCUT2D eigenvalue weighted by Gasteiger charge is 2.05. The molecular weight excluding hydrogens is 428 g/mol. The van der Waals surface area contributed by atoms with Gasteiger partial charge in [0.15, 0.2) is 0 Å². The monoisotopic (exact) mass is 440 g/mol. The van der Waals surface area contributed by atoms with Crippen molar-refractivity contribution in [2.24, 2.45) is 0 Å². The van der Waals surface area contributed by atoms with E-state index >= 15 is 0 Å². The van der Waals surface area contributed by atoms with Crippen molar-refractivity contribution in [3.8, 4) is 23.0 Å². The van der Waals surface area contributed by atoms with Gasteiger partial charge in [0.2, 0.25) is 0 Å². The SMILES string of the molecule is Oc1cc(C=CCC=Cc2cc(O)c(Br)cc2O)c(O)cc1Br. The summed E-state index contributed by atoms with van der Waals surface area (Å²) >= 11 is 6.25. The molecule has 0 radical (unpaired) electrons. The Balaban J connectivity index is 2.05. The summed E-state index contributed by atoms with van der Waals surface area (Å²) in [7, 11) is 0. The maximum atomic E-state index is 9.77. The zero-order valence-electron chi connectivity index (χ0n) is 11.9. The summed E-state index contributed by atoms with van der Waals surface area (Å²) in [5.74, 6) is 0.220. The highest BCUT2D eigenvalue weighted by atomic mass is 79.9. The Morgan fingerprint density at radius 2 is 1.04 bits per heavy atom. The number of hydrogen-bond acceptors (Lipinski definition) is 4. The third-order valence-electron chi connectivity index (χ3n) is 3.06. The van der Waals surface area contributed by atoms with Gasteiger partial charge >= 0.3 is 0 Å². The van der Waals surface area contributed by atoms with Gasteiger partial charge < -0.3 is 20.4 Å². The second kappa shape index (κ2) is 7.57. The van der Waals surface area contributed by atoms with Crippen LogP contribution in [-0.2, 0) is 0 Å². The van der Waals surface area contributed by atoms with Gasteiger partial charge in [-0.1, -0.05) is 24.3 Å². The third kappa shape index (κ3) is 4.53. The van der Waals surface area contributed by atoms with Crippen LogP contribution >= 0.6 is 31.9 Å². The molecule has 4 N–H and O–H groups in total. The minimum atomic E-state index is 0.0493. The predicted molar refractivity (Wildman–Crippen MR) is 97.6 cm³/mol. The van der Waals surface area contributed by atoms with Crippen LogP contribution in [0.25, 0.3) is 12.2 Å². The molecule has 0 atom stereocenters. The Hall–Kier alpha value is -1.92.